The second kappa shape index (κ2) is 9.72. The van der Waals surface area contributed by atoms with Crippen LogP contribution in [0, 0.1) is 0 Å². The molecule has 18 heavy (non-hydrogen) atoms. The quantitative estimate of drug-likeness (QED) is 0.825. The van der Waals surface area contributed by atoms with E-state index in [0.717, 1.165) is 12.8 Å². The minimum absolute atomic E-state index is 0.272. The van der Waals surface area contributed by atoms with Gasteiger partial charge in [-0.1, -0.05) is 52.8 Å². The number of nitrogens with two attached hydrogens (primary N) is 1. The Balaban J connectivity index is 0.000000659. The van der Waals surface area contributed by atoms with Crippen LogP contribution in [-0.4, -0.2) is 11.0 Å². The van der Waals surface area contributed by atoms with Gasteiger partial charge in [0, 0.05) is 23.1 Å². The molecule has 2 heteroatoms. The zero-order valence-corrected chi connectivity index (χ0v) is 12.5. The van der Waals surface area contributed by atoms with Crippen molar-refractivity contribution in [2.75, 3.05) is 0 Å². The molecule has 1 heterocycles. The third kappa shape index (κ3) is 4.53. The largest absolute Gasteiger partial charge is 0.361 e. The van der Waals surface area contributed by atoms with E-state index in [1.807, 2.05) is 33.8 Å². The Hall–Kier alpha value is -1.28. The van der Waals surface area contributed by atoms with Crippen molar-refractivity contribution in [3.8, 4) is 0 Å². The fourth-order valence-corrected chi connectivity index (χ4v) is 1.73. The molecule has 2 aromatic rings. The normalized spacial score (nSPS) is 11.0. The van der Waals surface area contributed by atoms with Gasteiger partial charge in [0.05, 0.1) is 0 Å². The van der Waals surface area contributed by atoms with Gasteiger partial charge in [-0.3, -0.25) is 0 Å². The van der Waals surface area contributed by atoms with E-state index in [-0.39, 0.29) is 6.04 Å². The second-order valence-corrected chi connectivity index (χ2v) is 3.73. The number of aromatic nitrogens is 1. The summed E-state index contributed by atoms with van der Waals surface area (Å²) in [6.45, 7) is 10.1. The zero-order valence-electron chi connectivity index (χ0n) is 12.5. The number of nitrogens with one attached hydrogen (secondary N) is 1. The summed E-state index contributed by atoms with van der Waals surface area (Å²) >= 11 is 0. The lowest BCUT2D eigenvalue weighted by atomic mass is 10.0. The van der Waals surface area contributed by atoms with E-state index in [1.165, 1.54) is 16.5 Å². The van der Waals surface area contributed by atoms with Crippen molar-refractivity contribution in [1.29, 1.82) is 0 Å². The van der Waals surface area contributed by atoms with Gasteiger partial charge in [-0.05, 0) is 24.5 Å². The highest BCUT2D eigenvalue weighted by Gasteiger charge is 2.06. The lowest BCUT2D eigenvalue weighted by Gasteiger charge is -2.06. The highest BCUT2D eigenvalue weighted by molar-refractivity contribution is 5.83. The molecule has 2 rings (SSSR count). The number of rotatable bonds is 3. The first-order valence-corrected chi connectivity index (χ1v) is 7.12. The first kappa shape index (κ1) is 16.7. The van der Waals surface area contributed by atoms with Crippen LogP contribution in [0.1, 0.15) is 46.6 Å². The van der Waals surface area contributed by atoms with Gasteiger partial charge in [0.15, 0.2) is 0 Å². The monoisotopic (exact) mass is 248 g/mol. The lowest BCUT2D eigenvalue weighted by molar-refractivity contribution is 0.648. The van der Waals surface area contributed by atoms with E-state index in [1.54, 1.807) is 0 Å². The van der Waals surface area contributed by atoms with E-state index < -0.39 is 0 Å². The van der Waals surface area contributed by atoms with Gasteiger partial charge >= 0.3 is 0 Å². The first-order chi connectivity index (χ1) is 8.81. The van der Waals surface area contributed by atoms with Gasteiger partial charge in [-0.25, -0.2) is 0 Å². The second-order valence-electron chi connectivity index (χ2n) is 3.73. The summed E-state index contributed by atoms with van der Waals surface area (Å²) in [5.74, 6) is 0. The summed E-state index contributed by atoms with van der Waals surface area (Å²) in [7, 11) is 0. The molecule has 1 atom stereocenters. The molecule has 102 valence electrons. The van der Waals surface area contributed by atoms with Gasteiger partial charge in [-0.15, -0.1) is 0 Å². The predicted octanol–water partition coefficient (Wildman–Crippen LogP) is 4.50. The predicted molar refractivity (Wildman–Crippen MR) is 83.0 cm³/mol. The highest BCUT2D eigenvalue weighted by Crippen LogP contribution is 2.18. The summed E-state index contributed by atoms with van der Waals surface area (Å²) in [6.07, 6.45) is 4.06. The van der Waals surface area contributed by atoms with E-state index in [0.29, 0.717) is 0 Å². The molecular formula is C16H28N2. The molecule has 0 aliphatic carbocycles. The highest BCUT2D eigenvalue weighted by atomic mass is 14.7. The smallest absolute Gasteiger partial charge is 0.0456 e. The fraction of sp³-hybridized carbons (Fsp3) is 0.500. The molecule has 0 bridgehead atoms. The number of H-pyrrole nitrogens is 1. The molecule has 0 radical (unpaired) electrons. The Morgan fingerprint density at radius 3 is 2.33 bits per heavy atom. The van der Waals surface area contributed by atoms with E-state index in [4.69, 9.17) is 5.73 Å². The van der Waals surface area contributed by atoms with Crippen molar-refractivity contribution < 1.29 is 0 Å². The van der Waals surface area contributed by atoms with Gasteiger partial charge in [0.25, 0.3) is 0 Å². The minimum Gasteiger partial charge on any atom is -0.361 e. The van der Waals surface area contributed by atoms with Crippen LogP contribution in [0.3, 0.4) is 0 Å². The molecular weight excluding hydrogens is 220 g/mol. The van der Waals surface area contributed by atoms with Crippen molar-refractivity contribution in [3.05, 3.63) is 36.0 Å². The summed E-state index contributed by atoms with van der Waals surface area (Å²) in [5.41, 5.74) is 8.47. The maximum atomic E-state index is 5.94. The van der Waals surface area contributed by atoms with E-state index in [9.17, 15) is 0 Å². The van der Waals surface area contributed by atoms with Crippen molar-refractivity contribution in [2.24, 2.45) is 5.73 Å². The molecule has 0 spiro atoms. The Morgan fingerprint density at radius 2 is 1.72 bits per heavy atom. The van der Waals surface area contributed by atoms with Crippen LogP contribution in [0.4, 0.5) is 0 Å². The Labute approximate surface area is 112 Å². The van der Waals surface area contributed by atoms with Crippen molar-refractivity contribution in [1.82, 2.24) is 4.98 Å². The third-order valence-corrected chi connectivity index (χ3v) is 2.68. The molecule has 0 amide bonds. The minimum atomic E-state index is 0.272. The van der Waals surface area contributed by atoms with Crippen molar-refractivity contribution in [3.63, 3.8) is 0 Å². The van der Waals surface area contributed by atoms with Gasteiger partial charge in [0.2, 0.25) is 0 Å². The summed E-state index contributed by atoms with van der Waals surface area (Å²) < 4.78 is 0. The first-order valence-electron chi connectivity index (χ1n) is 7.12. The van der Waals surface area contributed by atoms with Gasteiger partial charge in [-0.2, -0.15) is 0 Å². The number of hydrogen-bond acceptors (Lipinski definition) is 1. The summed E-state index contributed by atoms with van der Waals surface area (Å²) in [6, 6.07) is 8.62. The average molecular weight is 248 g/mol. The van der Waals surface area contributed by atoms with Crippen molar-refractivity contribution >= 4 is 10.9 Å². The Kier molecular flexibility index (Phi) is 9.03. The molecule has 1 aromatic carbocycles. The molecule has 0 aliphatic heterocycles. The molecule has 0 fully saturated rings. The maximum Gasteiger partial charge on any atom is 0.0456 e. The fourth-order valence-electron chi connectivity index (χ4n) is 1.73. The van der Waals surface area contributed by atoms with E-state index in [2.05, 4.69) is 36.3 Å². The number of para-hydroxylation sites is 1. The molecule has 0 unspecified atom stereocenters. The maximum absolute atomic E-state index is 5.94. The van der Waals surface area contributed by atoms with Crippen LogP contribution in [-0.2, 0) is 6.42 Å². The van der Waals surface area contributed by atoms with E-state index >= 15 is 0 Å². The summed E-state index contributed by atoms with van der Waals surface area (Å²) in [4.78, 5) is 3.26. The number of hydrogen-bond donors (Lipinski definition) is 2. The number of fused-ring (bicyclic) bond motifs is 1. The molecule has 0 saturated heterocycles. The van der Waals surface area contributed by atoms with Crippen LogP contribution in [0.5, 0.6) is 0 Å². The Bertz CT molecular complexity index is 418. The van der Waals surface area contributed by atoms with Crippen LogP contribution >= 0.6 is 0 Å². The SMILES string of the molecule is CC.CC.CC[C@@H](N)Cc1c[nH]c2ccccc12. The topological polar surface area (TPSA) is 41.8 Å². The molecule has 0 aliphatic rings. The number of benzene rings is 1. The van der Waals surface area contributed by atoms with Crippen LogP contribution in [0.25, 0.3) is 10.9 Å². The Morgan fingerprint density at radius 1 is 1.11 bits per heavy atom. The summed E-state index contributed by atoms with van der Waals surface area (Å²) in [5, 5.41) is 1.30. The van der Waals surface area contributed by atoms with Crippen molar-refractivity contribution in [2.45, 2.75) is 53.5 Å². The molecule has 0 saturated carbocycles. The van der Waals surface area contributed by atoms with Crippen LogP contribution < -0.4 is 5.73 Å². The molecule has 2 nitrogen and oxygen atoms in total. The average Bonchev–Trinajstić information content (AvgIpc) is 2.86. The lowest BCUT2D eigenvalue weighted by Crippen LogP contribution is -2.21. The van der Waals surface area contributed by atoms with Crippen LogP contribution in [0.2, 0.25) is 0 Å². The standard InChI is InChI=1S/C12H16N2.2C2H6/c1-2-10(13)7-9-8-14-12-6-4-3-5-11(9)12;2*1-2/h3-6,8,10,14H,2,7,13H2,1H3;2*1-2H3/t10-;;/m1../s1. The number of aromatic amines is 1. The third-order valence-electron chi connectivity index (χ3n) is 2.68. The molecule has 1 aromatic heterocycles. The zero-order chi connectivity index (χ0) is 14.0. The van der Waals surface area contributed by atoms with Gasteiger partial charge < -0.3 is 10.7 Å². The van der Waals surface area contributed by atoms with Crippen LogP contribution in [0.15, 0.2) is 30.5 Å². The molecule has 3 N–H and O–H groups in total. The van der Waals surface area contributed by atoms with Gasteiger partial charge in [0.1, 0.15) is 0 Å².